The molecule has 0 radical (unpaired) electrons. The lowest BCUT2D eigenvalue weighted by atomic mass is 10.2. The molecule has 2 aromatic heterocycles. The van der Waals surface area contributed by atoms with Gasteiger partial charge in [0.05, 0.1) is 29.2 Å². The molecule has 2 aromatic rings. The predicted octanol–water partition coefficient (Wildman–Crippen LogP) is 0.970. The standard InChI is InChI=1S/C10H10ClN5O/c11-8-1-6(2-14-9(8)12)10(17)15-4-7-3-13-5-16-7/h1-3,5H,4H2,(H2,12,14)(H,13,16)(H,15,17). The third-order valence-corrected chi connectivity index (χ3v) is 2.43. The average Bonchev–Trinajstić information content (AvgIpc) is 2.82. The van der Waals surface area contributed by atoms with Crippen LogP contribution in [-0.4, -0.2) is 20.9 Å². The number of anilines is 1. The SMILES string of the molecule is Nc1ncc(C(=O)NCc2cnc[nH]2)cc1Cl. The third kappa shape index (κ3) is 2.73. The van der Waals surface area contributed by atoms with Gasteiger partial charge in [-0.25, -0.2) is 9.97 Å². The van der Waals surface area contributed by atoms with Crippen LogP contribution in [0.4, 0.5) is 5.82 Å². The van der Waals surface area contributed by atoms with Crippen LogP contribution in [0.3, 0.4) is 0 Å². The van der Waals surface area contributed by atoms with Crippen LogP contribution < -0.4 is 11.1 Å². The maximum absolute atomic E-state index is 11.7. The van der Waals surface area contributed by atoms with Gasteiger partial charge in [0.25, 0.3) is 5.91 Å². The molecule has 7 heteroatoms. The molecule has 0 spiro atoms. The van der Waals surface area contributed by atoms with Crippen LogP contribution >= 0.6 is 11.6 Å². The maximum atomic E-state index is 11.7. The highest BCUT2D eigenvalue weighted by atomic mass is 35.5. The van der Waals surface area contributed by atoms with E-state index < -0.39 is 0 Å². The van der Waals surface area contributed by atoms with Gasteiger partial charge in [0.15, 0.2) is 0 Å². The van der Waals surface area contributed by atoms with Gasteiger partial charge in [-0.1, -0.05) is 11.6 Å². The van der Waals surface area contributed by atoms with E-state index >= 15 is 0 Å². The molecule has 4 N–H and O–H groups in total. The molecule has 1 amide bonds. The number of carbonyl (C=O) groups is 1. The molecular weight excluding hydrogens is 242 g/mol. The highest BCUT2D eigenvalue weighted by Crippen LogP contribution is 2.16. The first-order chi connectivity index (χ1) is 8.16. The molecule has 2 rings (SSSR count). The van der Waals surface area contributed by atoms with Crippen molar-refractivity contribution in [2.24, 2.45) is 0 Å². The summed E-state index contributed by atoms with van der Waals surface area (Å²) in [6, 6.07) is 1.48. The Morgan fingerprint density at radius 1 is 1.53 bits per heavy atom. The summed E-state index contributed by atoms with van der Waals surface area (Å²) < 4.78 is 0. The zero-order valence-corrected chi connectivity index (χ0v) is 9.53. The van der Waals surface area contributed by atoms with Gasteiger partial charge in [0.1, 0.15) is 5.82 Å². The number of nitrogens with two attached hydrogens (primary N) is 1. The van der Waals surface area contributed by atoms with Crippen LogP contribution in [0.1, 0.15) is 16.1 Å². The fourth-order valence-corrected chi connectivity index (χ4v) is 1.40. The summed E-state index contributed by atoms with van der Waals surface area (Å²) in [4.78, 5) is 22.2. The molecule has 0 aromatic carbocycles. The Labute approximate surface area is 102 Å². The number of amides is 1. The van der Waals surface area contributed by atoms with Gasteiger partial charge in [0, 0.05) is 12.4 Å². The first kappa shape index (κ1) is 11.4. The Kier molecular flexibility index (Phi) is 3.24. The van der Waals surface area contributed by atoms with Gasteiger partial charge in [0.2, 0.25) is 0 Å². The predicted molar refractivity (Wildman–Crippen MR) is 63.4 cm³/mol. The number of imidazole rings is 1. The van der Waals surface area contributed by atoms with Crippen LogP contribution in [0, 0.1) is 0 Å². The number of carbonyl (C=O) groups excluding carboxylic acids is 1. The Morgan fingerprint density at radius 2 is 2.35 bits per heavy atom. The minimum atomic E-state index is -0.269. The van der Waals surface area contributed by atoms with Gasteiger partial charge in [-0.05, 0) is 6.07 Å². The summed E-state index contributed by atoms with van der Waals surface area (Å²) in [6.45, 7) is 0.362. The van der Waals surface area contributed by atoms with Crippen molar-refractivity contribution in [3.05, 3.63) is 41.1 Å². The summed E-state index contributed by atoms with van der Waals surface area (Å²) in [6.07, 6.45) is 4.56. The van der Waals surface area contributed by atoms with Crippen molar-refractivity contribution in [3.63, 3.8) is 0 Å². The van der Waals surface area contributed by atoms with Crippen LogP contribution in [0.15, 0.2) is 24.8 Å². The molecular formula is C10H10ClN5O. The van der Waals surface area contributed by atoms with Crippen molar-refractivity contribution in [3.8, 4) is 0 Å². The summed E-state index contributed by atoms with van der Waals surface area (Å²) in [5.74, 6) is -0.0641. The van der Waals surface area contributed by atoms with Gasteiger partial charge in [-0.3, -0.25) is 4.79 Å². The number of hydrogen-bond donors (Lipinski definition) is 3. The Hall–Kier alpha value is -2.08. The lowest BCUT2D eigenvalue weighted by molar-refractivity contribution is 0.0950. The normalized spacial score (nSPS) is 10.2. The number of pyridine rings is 1. The van der Waals surface area contributed by atoms with Crippen molar-refractivity contribution in [2.75, 3.05) is 5.73 Å². The molecule has 0 aliphatic heterocycles. The molecule has 0 saturated heterocycles. The van der Waals surface area contributed by atoms with Crippen LogP contribution in [0.5, 0.6) is 0 Å². The number of rotatable bonds is 3. The number of aromatic amines is 1. The highest BCUT2D eigenvalue weighted by Gasteiger charge is 2.08. The Morgan fingerprint density at radius 3 is 3.00 bits per heavy atom. The number of nitrogen functional groups attached to an aromatic ring is 1. The largest absolute Gasteiger partial charge is 0.382 e. The number of halogens is 1. The Bertz CT molecular complexity index is 525. The van der Waals surface area contributed by atoms with Crippen LogP contribution in [0.2, 0.25) is 5.02 Å². The molecule has 0 atom stereocenters. The van der Waals surface area contributed by atoms with Gasteiger partial charge >= 0.3 is 0 Å². The second-order valence-corrected chi connectivity index (χ2v) is 3.76. The fraction of sp³-hybridized carbons (Fsp3) is 0.100. The van der Waals surface area contributed by atoms with E-state index in [4.69, 9.17) is 17.3 Å². The highest BCUT2D eigenvalue weighted by molar-refractivity contribution is 6.33. The van der Waals surface area contributed by atoms with E-state index in [9.17, 15) is 4.79 Å². The van der Waals surface area contributed by atoms with Gasteiger partial charge in [-0.2, -0.15) is 0 Å². The first-order valence-electron chi connectivity index (χ1n) is 4.83. The first-order valence-corrected chi connectivity index (χ1v) is 5.21. The van der Waals surface area contributed by atoms with Crippen molar-refractivity contribution in [2.45, 2.75) is 6.54 Å². The minimum Gasteiger partial charge on any atom is -0.382 e. The molecule has 0 saturated carbocycles. The molecule has 0 aliphatic rings. The third-order valence-electron chi connectivity index (χ3n) is 2.13. The number of nitrogens with zero attached hydrogens (tertiary/aromatic N) is 2. The molecule has 6 nitrogen and oxygen atoms in total. The number of hydrogen-bond acceptors (Lipinski definition) is 4. The summed E-state index contributed by atoms with van der Waals surface area (Å²) in [5.41, 5.74) is 6.63. The molecule has 0 bridgehead atoms. The van der Waals surface area contributed by atoms with E-state index in [0.29, 0.717) is 12.1 Å². The van der Waals surface area contributed by atoms with E-state index in [1.807, 2.05) is 0 Å². The fourth-order valence-electron chi connectivity index (χ4n) is 1.23. The summed E-state index contributed by atoms with van der Waals surface area (Å²) >= 11 is 5.77. The molecule has 88 valence electrons. The lowest BCUT2D eigenvalue weighted by Gasteiger charge is -2.04. The molecule has 0 unspecified atom stereocenters. The minimum absolute atomic E-state index is 0.205. The lowest BCUT2D eigenvalue weighted by Crippen LogP contribution is -2.23. The molecule has 2 heterocycles. The van der Waals surface area contributed by atoms with E-state index in [2.05, 4.69) is 20.3 Å². The van der Waals surface area contributed by atoms with Crippen molar-refractivity contribution in [1.82, 2.24) is 20.3 Å². The molecule has 0 aliphatic carbocycles. The zero-order chi connectivity index (χ0) is 12.3. The topological polar surface area (TPSA) is 96.7 Å². The number of aromatic nitrogens is 3. The Balaban J connectivity index is 2.02. The smallest absolute Gasteiger partial charge is 0.253 e. The second-order valence-electron chi connectivity index (χ2n) is 3.35. The maximum Gasteiger partial charge on any atom is 0.253 e. The number of nitrogens with one attached hydrogen (secondary N) is 2. The summed E-state index contributed by atoms with van der Waals surface area (Å²) in [5, 5.41) is 2.96. The quantitative estimate of drug-likeness (QED) is 0.757. The molecule has 0 fully saturated rings. The zero-order valence-electron chi connectivity index (χ0n) is 8.77. The van der Waals surface area contributed by atoms with Crippen molar-refractivity contribution in [1.29, 1.82) is 0 Å². The van der Waals surface area contributed by atoms with E-state index in [0.717, 1.165) is 5.69 Å². The van der Waals surface area contributed by atoms with Crippen LogP contribution in [-0.2, 0) is 6.54 Å². The van der Waals surface area contributed by atoms with E-state index in [1.165, 1.54) is 12.3 Å². The van der Waals surface area contributed by atoms with Crippen molar-refractivity contribution < 1.29 is 4.79 Å². The van der Waals surface area contributed by atoms with Crippen LogP contribution in [0.25, 0.3) is 0 Å². The summed E-state index contributed by atoms with van der Waals surface area (Å²) in [7, 11) is 0. The number of H-pyrrole nitrogens is 1. The monoisotopic (exact) mass is 251 g/mol. The average molecular weight is 252 g/mol. The van der Waals surface area contributed by atoms with E-state index in [-0.39, 0.29) is 16.7 Å². The second kappa shape index (κ2) is 4.84. The van der Waals surface area contributed by atoms with Crippen molar-refractivity contribution >= 4 is 23.3 Å². The molecule has 17 heavy (non-hydrogen) atoms. The van der Waals surface area contributed by atoms with E-state index in [1.54, 1.807) is 12.5 Å². The van der Waals surface area contributed by atoms with Gasteiger partial charge < -0.3 is 16.0 Å². The van der Waals surface area contributed by atoms with Gasteiger partial charge in [-0.15, -0.1) is 0 Å².